The Morgan fingerprint density at radius 2 is 1.74 bits per heavy atom. The number of carbonyl (C=O) groups excluding carboxylic acids is 1. The lowest BCUT2D eigenvalue weighted by Gasteiger charge is -2.15. The number of nitrogens with two attached hydrogens (primary N) is 1. The van der Waals surface area contributed by atoms with Crippen molar-refractivity contribution < 1.29 is 14.3 Å². The number of rotatable bonds is 11. The summed E-state index contributed by atoms with van der Waals surface area (Å²) in [5, 5.41) is 3.26. The Kier molecular flexibility index (Phi) is 12.2. The van der Waals surface area contributed by atoms with Crippen molar-refractivity contribution in [3.05, 3.63) is 71.8 Å². The van der Waals surface area contributed by atoms with Crippen molar-refractivity contribution in [1.82, 2.24) is 0 Å². The summed E-state index contributed by atoms with van der Waals surface area (Å²) in [6, 6.07) is 19.5. The molecule has 1 unspecified atom stereocenters. The molecule has 0 aromatic heterocycles. The largest absolute Gasteiger partial charge is 0.493 e. The first-order chi connectivity index (χ1) is 17.0. The van der Waals surface area contributed by atoms with Gasteiger partial charge in [0.05, 0.1) is 19.9 Å². The highest BCUT2D eigenvalue weighted by molar-refractivity contribution is 7.99. The molecule has 0 saturated heterocycles. The molecule has 0 amide bonds. The molecule has 3 aromatic carbocycles. The second-order valence-electron chi connectivity index (χ2n) is 7.27. The van der Waals surface area contributed by atoms with Crippen LogP contribution < -0.4 is 20.5 Å². The first-order valence-corrected chi connectivity index (χ1v) is 13.0. The van der Waals surface area contributed by atoms with E-state index in [1.165, 1.54) is 22.2 Å². The smallest absolute Gasteiger partial charge is 0.162 e. The molecule has 3 aromatic rings. The summed E-state index contributed by atoms with van der Waals surface area (Å²) >= 11 is 3.28. The summed E-state index contributed by atoms with van der Waals surface area (Å²) in [6.07, 6.45) is 0.949. The maximum Gasteiger partial charge on any atom is 0.162 e. The lowest BCUT2D eigenvalue weighted by Crippen LogP contribution is -2.11. The molecular weight excluding hydrogens is 478 g/mol. The number of anilines is 1. The second kappa shape index (κ2) is 15.1. The van der Waals surface area contributed by atoms with E-state index in [-0.39, 0.29) is 6.04 Å². The number of hydrogen-bond donors (Lipinski definition) is 2. The number of nitrogens with one attached hydrogen (secondary N) is 1. The van der Waals surface area contributed by atoms with Gasteiger partial charge in [-0.25, -0.2) is 0 Å². The van der Waals surface area contributed by atoms with Gasteiger partial charge in [0.25, 0.3) is 0 Å². The minimum absolute atomic E-state index is 0.308. The molecule has 1 atom stereocenters. The zero-order chi connectivity index (χ0) is 25.6. The fourth-order valence-corrected chi connectivity index (χ4v) is 4.53. The van der Waals surface area contributed by atoms with E-state index in [1.54, 1.807) is 32.0 Å². The van der Waals surface area contributed by atoms with E-state index in [9.17, 15) is 4.79 Å². The molecule has 0 saturated carbocycles. The number of benzene rings is 3. The molecule has 0 fully saturated rings. The Morgan fingerprint density at radius 3 is 2.29 bits per heavy atom. The number of methoxy groups -OCH3 is 2. The molecule has 8 heteroatoms. The number of aldehydes is 1. The van der Waals surface area contributed by atoms with Crippen molar-refractivity contribution in [3.8, 4) is 11.5 Å². The zero-order valence-corrected chi connectivity index (χ0v) is 22.2. The summed E-state index contributed by atoms with van der Waals surface area (Å²) in [6.45, 7) is 7.67. The van der Waals surface area contributed by atoms with Gasteiger partial charge in [0, 0.05) is 27.4 Å². The third kappa shape index (κ3) is 8.65. The Bertz CT molecular complexity index is 1090. The van der Waals surface area contributed by atoms with Crippen molar-refractivity contribution in [2.24, 2.45) is 10.7 Å². The van der Waals surface area contributed by atoms with Gasteiger partial charge in [-0.15, -0.1) is 23.5 Å². The zero-order valence-electron chi connectivity index (χ0n) is 20.6. The van der Waals surface area contributed by atoms with Crippen LogP contribution in [0.3, 0.4) is 0 Å². The first kappa shape index (κ1) is 28.3. The van der Waals surface area contributed by atoms with Gasteiger partial charge in [0.15, 0.2) is 11.5 Å². The molecule has 35 heavy (non-hydrogen) atoms. The van der Waals surface area contributed by atoms with E-state index < -0.39 is 0 Å². The summed E-state index contributed by atoms with van der Waals surface area (Å²) in [4.78, 5) is 17.4. The lowest BCUT2D eigenvalue weighted by atomic mass is 10.1. The molecule has 0 bridgehead atoms. The lowest BCUT2D eigenvalue weighted by molar-refractivity contribution is -0.108. The van der Waals surface area contributed by atoms with Crippen LogP contribution in [0.1, 0.15) is 24.1 Å². The van der Waals surface area contributed by atoms with Crippen molar-refractivity contribution in [2.75, 3.05) is 31.2 Å². The summed E-state index contributed by atoms with van der Waals surface area (Å²) < 4.78 is 10.3. The Balaban J connectivity index is 0.000000258. The second-order valence-corrected chi connectivity index (χ2v) is 9.67. The molecule has 0 aliphatic heterocycles. The molecule has 0 heterocycles. The maximum absolute atomic E-state index is 11.3. The van der Waals surface area contributed by atoms with Gasteiger partial charge in [-0.1, -0.05) is 31.2 Å². The molecule has 0 aliphatic rings. The van der Waals surface area contributed by atoms with Crippen molar-refractivity contribution in [3.63, 3.8) is 0 Å². The first-order valence-electron chi connectivity index (χ1n) is 11.1. The van der Waals surface area contributed by atoms with E-state index in [1.807, 2.05) is 49.4 Å². The fourth-order valence-electron chi connectivity index (χ4n) is 3.23. The average Bonchev–Trinajstić information content (AvgIpc) is 2.88. The number of ether oxygens (including phenoxy) is 2. The normalized spacial score (nSPS) is 11.0. The summed E-state index contributed by atoms with van der Waals surface area (Å²) in [5.74, 6) is 2.85. The van der Waals surface area contributed by atoms with Crippen LogP contribution in [0.15, 0.2) is 75.4 Å². The molecule has 0 spiro atoms. The topological polar surface area (TPSA) is 85.9 Å². The van der Waals surface area contributed by atoms with Crippen LogP contribution in [0.4, 0.5) is 11.4 Å². The molecule has 3 N–H and O–H groups in total. The van der Waals surface area contributed by atoms with Crippen LogP contribution in [0.25, 0.3) is 0 Å². The Hall–Kier alpha value is -2.94. The van der Waals surface area contributed by atoms with Crippen LogP contribution in [0.5, 0.6) is 11.5 Å². The predicted molar refractivity (Wildman–Crippen MR) is 150 cm³/mol. The highest BCUT2D eigenvalue weighted by Gasteiger charge is 2.11. The van der Waals surface area contributed by atoms with Gasteiger partial charge in [-0.3, -0.25) is 4.99 Å². The monoisotopic (exact) mass is 511 g/mol. The number of hydrogen-bond acceptors (Lipinski definition) is 8. The number of aryl methyl sites for hydroxylation is 1. The fraction of sp³-hybridized carbons (Fsp3) is 0.259. The Labute approximate surface area is 216 Å². The van der Waals surface area contributed by atoms with Crippen LogP contribution in [0, 0.1) is 6.92 Å². The Morgan fingerprint density at radius 1 is 1.06 bits per heavy atom. The van der Waals surface area contributed by atoms with Crippen molar-refractivity contribution >= 4 is 47.9 Å². The molecule has 6 nitrogen and oxygen atoms in total. The number of thioether (sulfide) groups is 2. The molecule has 0 aliphatic carbocycles. The number of nitrogens with zero attached hydrogens (tertiary/aromatic N) is 1. The molecule has 0 radical (unpaired) electrons. The third-order valence-corrected chi connectivity index (χ3v) is 6.60. The molecule has 186 valence electrons. The maximum atomic E-state index is 11.3. The number of aliphatic imine (C=N–C) groups is 1. The quantitative estimate of drug-likeness (QED) is 0.131. The average molecular weight is 512 g/mol. The van der Waals surface area contributed by atoms with Crippen molar-refractivity contribution in [1.29, 1.82) is 0 Å². The van der Waals surface area contributed by atoms with Gasteiger partial charge in [-0.2, -0.15) is 0 Å². The van der Waals surface area contributed by atoms with Crippen LogP contribution in [-0.2, 0) is 4.79 Å². The SMILES string of the molecule is C=Nc1cc(OC)c(OC)cc1SCN.CCSc1ccc(C(C=O)Nc2cccc(C)c2)cc1. The van der Waals surface area contributed by atoms with E-state index in [0.29, 0.717) is 17.4 Å². The highest BCUT2D eigenvalue weighted by atomic mass is 32.2. The van der Waals surface area contributed by atoms with Gasteiger partial charge in [-0.05, 0) is 60.9 Å². The van der Waals surface area contributed by atoms with Gasteiger partial charge in [0.2, 0.25) is 0 Å². The third-order valence-electron chi connectivity index (χ3n) is 4.90. The van der Waals surface area contributed by atoms with Gasteiger partial charge in [0.1, 0.15) is 12.3 Å². The predicted octanol–water partition coefficient (Wildman–Crippen LogP) is 6.50. The summed E-state index contributed by atoms with van der Waals surface area (Å²) in [5.41, 5.74) is 9.36. The standard InChI is InChI=1S/C17H19NOS.C10H14N2O2S/c1-3-20-16-9-7-14(8-10-16)17(12-19)18-15-6-4-5-13(2)11-15;1-12-7-4-8(13-2)9(14-3)5-10(7)15-6-11/h4-12,17-18H,3H2,1-2H3;4-5H,1,6,11H2,2-3H3. The van der Waals surface area contributed by atoms with Crippen LogP contribution >= 0.6 is 23.5 Å². The van der Waals surface area contributed by atoms with Crippen LogP contribution in [0.2, 0.25) is 0 Å². The minimum atomic E-state index is -0.308. The van der Waals surface area contributed by atoms with Gasteiger partial charge >= 0.3 is 0 Å². The molecular formula is C27H33N3O3S2. The van der Waals surface area contributed by atoms with E-state index in [4.69, 9.17) is 15.2 Å². The van der Waals surface area contributed by atoms with E-state index >= 15 is 0 Å². The number of carbonyl (C=O) groups is 1. The molecule has 3 rings (SSSR count). The van der Waals surface area contributed by atoms with Crippen molar-refractivity contribution in [2.45, 2.75) is 29.7 Å². The summed E-state index contributed by atoms with van der Waals surface area (Å²) in [7, 11) is 3.18. The van der Waals surface area contributed by atoms with Gasteiger partial charge < -0.3 is 25.3 Å². The van der Waals surface area contributed by atoms with E-state index in [2.05, 4.69) is 36.1 Å². The highest BCUT2D eigenvalue weighted by Crippen LogP contribution is 2.39. The minimum Gasteiger partial charge on any atom is -0.493 e. The van der Waals surface area contributed by atoms with Crippen LogP contribution in [-0.4, -0.2) is 38.9 Å². The van der Waals surface area contributed by atoms with E-state index in [0.717, 1.165) is 33.9 Å².